The summed E-state index contributed by atoms with van der Waals surface area (Å²) in [7, 11) is 3.03. The zero-order chi connectivity index (χ0) is 39.5. The number of unbranched alkanes of at least 4 members (excludes halogenated alkanes) is 7. The van der Waals surface area contributed by atoms with Crippen LogP contribution in [0.1, 0.15) is 117 Å². The molecule has 1 aromatic rings. The monoisotopic (exact) mass is 783 g/mol. The van der Waals surface area contributed by atoms with E-state index in [0.717, 1.165) is 31.2 Å². The first-order valence-corrected chi connectivity index (χ1v) is 23.5. The van der Waals surface area contributed by atoms with E-state index < -0.39 is 14.4 Å². The van der Waals surface area contributed by atoms with Crippen LogP contribution < -0.4 is 0 Å². The smallest absolute Gasteiger partial charge is 0.192 e. The Hall–Kier alpha value is -1.22. The highest BCUT2D eigenvalue weighted by molar-refractivity contribution is 6.74. The fraction of sp³-hybridized carbons (Fsp3) is 0.814. The number of hydrogen-bond acceptors (Lipinski definition) is 10. The number of benzene rings is 1. The van der Waals surface area contributed by atoms with Gasteiger partial charge in [0, 0.05) is 21.3 Å². The van der Waals surface area contributed by atoms with Gasteiger partial charge in [-0.25, -0.2) is 0 Å². The van der Waals surface area contributed by atoms with Gasteiger partial charge in [-0.3, -0.25) is 0 Å². The summed E-state index contributed by atoms with van der Waals surface area (Å²) in [5.41, 5.74) is 1.09. The Morgan fingerprint density at radius 2 is 1.30 bits per heavy atom. The van der Waals surface area contributed by atoms with Gasteiger partial charge in [-0.15, -0.1) is 0 Å². The van der Waals surface area contributed by atoms with Gasteiger partial charge in [-0.1, -0.05) is 122 Å². The van der Waals surface area contributed by atoms with Crippen LogP contribution in [0, 0.1) is 0 Å². The lowest BCUT2D eigenvalue weighted by molar-refractivity contribution is -0.170. The van der Waals surface area contributed by atoms with Crippen molar-refractivity contribution in [3.8, 4) is 0 Å². The molecular weight excluding hydrogens is 705 g/mol. The first-order chi connectivity index (χ1) is 26.1. The summed E-state index contributed by atoms with van der Waals surface area (Å²) in [6.07, 6.45) is 17.3. The first-order valence-electron chi connectivity index (χ1n) is 20.6. The summed E-state index contributed by atoms with van der Waals surface area (Å²) in [4.78, 5) is 0. The molecule has 1 fully saturated rings. The molecular formula is C43H78O10Si. The van der Waals surface area contributed by atoms with E-state index in [2.05, 4.69) is 40.8 Å². The average molecular weight is 783 g/mol. The van der Waals surface area contributed by atoms with E-state index in [0.29, 0.717) is 26.1 Å². The minimum atomic E-state index is -1.92. The quantitative estimate of drug-likeness (QED) is 0.0297. The van der Waals surface area contributed by atoms with E-state index in [4.69, 9.17) is 47.1 Å². The van der Waals surface area contributed by atoms with Gasteiger partial charge in [0.25, 0.3) is 0 Å². The molecule has 0 spiro atoms. The van der Waals surface area contributed by atoms with Crippen LogP contribution in [0.3, 0.4) is 0 Å². The summed E-state index contributed by atoms with van der Waals surface area (Å²) in [5, 5.41) is 0.119. The second-order valence-electron chi connectivity index (χ2n) is 16.0. The Morgan fingerprint density at radius 1 is 0.722 bits per heavy atom. The number of methoxy groups -OCH3 is 3. The van der Waals surface area contributed by atoms with Crippen LogP contribution >= 0.6 is 0 Å². The second-order valence-corrected chi connectivity index (χ2v) is 20.9. The van der Waals surface area contributed by atoms with E-state index in [1.54, 1.807) is 21.3 Å². The third kappa shape index (κ3) is 20.3. The van der Waals surface area contributed by atoms with Crippen molar-refractivity contribution in [3.63, 3.8) is 0 Å². The average Bonchev–Trinajstić information content (AvgIpc) is 3.64. The van der Waals surface area contributed by atoms with Gasteiger partial charge < -0.3 is 47.1 Å². The van der Waals surface area contributed by atoms with E-state index in [-0.39, 0.29) is 62.7 Å². The molecule has 0 saturated carbocycles. The highest BCUT2D eigenvalue weighted by atomic mass is 28.4. The predicted octanol–water partition coefficient (Wildman–Crippen LogP) is 9.95. The third-order valence-electron chi connectivity index (χ3n) is 10.7. The maximum Gasteiger partial charge on any atom is 0.192 e. The summed E-state index contributed by atoms with van der Waals surface area (Å²) in [5.74, 6) is 0. The molecule has 0 aromatic heterocycles. The Morgan fingerprint density at radius 3 is 1.89 bits per heavy atom. The molecule has 0 aliphatic carbocycles. The fourth-order valence-corrected chi connectivity index (χ4v) is 7.36. The van der Waals surface area contributed by atoms with Gasteiger partial charge in [-0.05, 0) is 55.8 Å². The molecule has 1 aromatic carbocycles. The summed E-state index contributed by atoms with van der Waals surface area (Å²) >= 11 is 0. The van der Waals surface area contributed by atoms with E-state index in [1.807, 2.05) is 42.5 Å². The summed E-state index contributed by atoms with van der Waals surface area (Å²) in [6.45, 7) is 15.2. The van der Waals surface area contributed by atoms with Crippen molar-refractivity contribution in [2.24, 2.45) is 0 Å². The van der Waals surface area contributed by atoms with Gasteiger partial charge in [0.2, 0.25) is 0 Å². The topological polar surface area (TPSA) is 92.3 Å². The molecule has 6 atom stereocenters. The second kappa shape index (κ2) is 29.1. The fourth-order valence-electron chi connectivity index (χ4n) is 6.42. The van der Waals surface area contributed by atoms with Crippen LogP contribution in [0.5, 0.6) is 0 Å². The van der Waals surface area contributed by atoms with Crippen molar-refractivity contribution in [2.45, 2.75) is 173 Å². The SMILES string of the molecule is CCCCCCCCCC[C@H](OCOC)[C@H]1CC[C@H]([C@@H](CC[C@H](OCOC)[C@@H](/C=C/CO[Si](C)(C)C(C)(C)C)OCOCc2ccccc2)OCOC)O1. The van der Waals surface area contributed by atoms with Crippen LogP contribution in [0.4, 0.5) is 0 Å². The molecule has 0 amide bonds. The third-order valence-corrected chi connectivity index (χ3v) is 15.2. The minimum absolute atomic E-state index is 0.00874. The van der Waals surface area contributed by atoms with Gasteiger partial charge in [0.15, 0.2) is 8.32 Å². The maximum absolute atomic E-state index is 6.73. The predicted molar refractivity (Wildman–Crippen MR) is 218 cm³/mol. The largest absolute Gasteiger partial charge is 0.413 e. The molecule has 0 unspecified atom stereocenters. The summed E-state index contributed by atoms with van der Waals surface area (Å²) in [6, 6.07) is 10.1. The Bertz CT molecular complexity index is 1050. The molecule has 0 N–H and O–H groups in total. The maximum atomic E-state index is 6.73. The molecule has 314 valence electrons. The summed E-state index contributed by atoms with van der Waals surface area (Å²) < 4.78 is 60.3. The van der Waals surface area contributed by atoms with Crippen LogP contribution in [0.25, 0.3) is 0 Å². The molecule has 0 bridgehead atoms. The molecule has 0 radical (unpaired) electrons. The van der Waals surface area contributed by atoms with Gasteiger partial charge in [0.05, 0.1) is 43.7 Å². The number of hydrogen-bond donors (Lipinski definition) is 0. The van der Waals surface area contributed by atoms with Gasteiger partial charge in [-0.2, -0.15) is 0 Å². The Labute approximate surface area is 330 Å². The van der Waals surface area contributed by atoms with E-state index in [1.165, 1.54) is 44.9 Å². The number of rotatable bonds is 33. The zero-order valence-electron chi connectivity index (χ0n) is 35.5. The molecule has 1 heterocycles. The highest BCUT2D eigenvalue weighted by Crippen LogP contribution is 2.36. The van der Waals surface area contributed by atoms with Crippen LogP contribution in [-0.2, 0) is 53.7 Å². The van der Waals surface area contributed by atoms with E-state index >= 15 is 0 Å². The van der Waals surface area contributed by atoms with Gasteiger partial charge in [0.1, 0.15) is 33.3 Å². The van der Waals surface area contributed by atoms with Crippen LogP contribution in [0.2, 0.25) is 18.1 Å². The lowest BCUT2D eigenvalue weighted by atomic mass is 9.99. The normalized spacial score (nSPS) is 19.1. The molecule has 10 nitrogen and oxygen atoms in total. The van der Waals surface area contributed by atoms with Gasteiger partial charge >= 0.3 is 0 Å². The number of ether oxygens (including phenoxy) is 9. The highest BCUT2D eigenvalue weighted by Gasteiger charge is 2.38. The lowest BCUT2D eigenvalue weighted by Gasteiger charge is -2.35. The Kier molecular flexibility index (Phi) is 26.3. The van der Waals surface area contributed by atoms with Crippen LogP contribution in [-0.4, -0.2) is 100 Å². The van der Waals surface area contributed by atoms with Crippen molar-refractivity contribution in [3.05, 3.63) is 48.0 Å². The first kappa shape index (κ1) is 48.9. The molecule has 2 rings (SSSR count). The van der Waals surface area contributed by atoms with Crippen molar-refractivity contribution in [1.82, 2.24) is 0 Å². The molecule has 11 heteroatoms. The van der Waals surface area contributed by atoms with Crippen molar-refractivity contribution >= 4 is 8.32 Å². The Balaban J connectivity index is 2.10. The van der Waals surface area contributed by atoms with Crippen molar-refractivity contribution in [2.75, 3.05) is 55.1 Å². The van der Waals surface area contributed by atoms with E-state index in [9.17, 15) is 0 Å². The molecule has 1 saturated heterocycles. The molecule has 54 heavy (non-hydrogen) atoms. The molecule has 1 aliphatic heterocycles. The standard InChI is InChI=1S/C43H78O10Si/c1-10-11-12-13-14-15-16-20-24-38(48-32-44-5)41-28-29-42(53-41)40(50-34-46-7)27-26-39(49-33-45-6)37(25-21-30-52-54(8,9)43(2,3)4)51-35-47-31-36-22-18-17-19-23-36/h17-19,21-23,25,37-42H,10-16,20,24,26-35H2,1-9H3/b25-21+/t37-,38+,39+,40-,41-,42-/m1/s1. The zero-order valence-corrected chi connectivity index (χ0v) is 36.5. The molecule has 1 aliphatic rings. The van der Waals surface area contributed by atoms with Crippen molar-refractivity contribution < 1.29 is 47.1 Å². The van der Waals surface area contributed by atoms with Crippen molar-refractivity contribution in [1.29, 1.82) is 0 Å². The van der Waals surface area contributed by atoms with Crippen LogP contribution in [0.15, 0.2) is 42.5 Å². The lowest BCUT2D eigenvalue weighted by Crippen LogP contribution is -2.40. The minimum Gasteiger partial charge on any atom is -0.413 e.